The number of nitrogens with zero attached hydrogens (tertiary/aromatic N) is 4. The number of hydrogen-bond donors (Lipinski definition) is 2. The highest BCUT2D eigenvalue weighted by molar-refractivity contribution is 5.65. The first-order valence-corrected chi connectivity index (χ1v) is 11.3. The van der Waals surface area contributed by atoms with Crippen LogP contribution in [-0.4, -0.2) is 69.0 Å². The van der Waals surface area contributed by atoms with Crippen LogP contribution in [0.25, 0.3) is 22.6 Å². The van der Waals surface area contributed by atoms with E-state index < -0.39 is 0 Å². The van der Waals surface area contributed by atoms with Crippen molar-refractivity contribution in [2.45, 2.75) is 32.4 Å². The topological polar surface area (TPSA) is 101 Å². The van der Waals surface area contributed by atoms with Gasteiger partial charge >= 0.3 is 0 Å². The lowest BCUT2D eigenvalue weighted by Gasteiger charge is -2.26. The van der Waals surface area contributed by atoms with E-state index >= 15 is 0 Å². The molecule has 33 heavy (non-hydrogen) atoms. The van der Waals surface area contributed by atoms with Gasteiger partial charge in [0.1, 0.15) is 5.82 Å². The molecule has 176 valence electrons. The molecule has 0 spiro atoms. The number of aryl methyl sites for hydroxylation is 1. The molecule has 8 nitrogen and oxygen atoms in total. The fourth-order valence-corrected chi connectivity index (χ4v) is 3.82. The van der Waals surface area contributed by atoms with Crippen molar-refractivity contribution in [3.8, 4) is 22.6 Å². The molecule has 1 aliphatic rings. The van der Waals surface area contributed by atoms with Gasteiger partial charge in [0, 0.05) is 62.5 Å². The number of benzene rings is 1. The molecule has 0 unspecified atom stereocenters. The van der Waals surface area contributed by atoms with Gasteiger partial charge in [0.25, 0.3) is 6.47 Å². The number of pyridine rings is 1. The van der Waals surface area contributed by atoms with Gasteiger partial charge in [0.15, 0.2) is 0 Å². The Hall–Kier alpha value is -3.07. The summed E-state index contributed by atoms with van der Waals surface area (Å²) in [5.74, 6) is 0.986. The van der Waals surface area contributed by atoms with Crippen LogP contribution in [0.3, 0.4) is 0 Å². The lowest BCUT2D eigenvalue weighted by Crippen LogP contribution is -2.35. The number of rotatable bonds is 9. The zero-order valence-electron chi connectivity index (χ0n) is 18.8. The van der Waals surface area contributed by atoms with Crippen LogP contribution < -0.4 is 0 Å². The highest BCUT2D eigenvalue weighted by atomic mass is 16.5. The van der Waals surface area contributed by atoms with Gasteiger partial charge in [-0.2, -0.15) is 0 Å². The maximum Gasteiger partial charge on any atom is 0.290 e. The lowest BCUT2D eigenvalue weighted by molar-refractivity contribution is -0.122. The number of carbonyl (C=O) groups is 1. The van der Waals surface area contributed by atoms with Crippen LogP contribution in [0, 0.1) is 0 Å². The molecule has 3 heterocycles. The maximum atomic E-state index is 8.93. The summed E-state index contributed by atoms with van der Waals surface area (Å²) in [6.45, 7) is 5.47. The summed E-state index contributed by atoms with van der Waals surface area (Å²) in [5, 5.41) is 15.8. The minimum absolute atomic E-state index is 0.250. The lowest BCUT2D eigenvalue weighted by atomic mass is 10.1. The number of carboxylic acid groups (broad SMARTS) is 1. The van der Waals surface area contributed by atoms with Gasteiger partial charge < -0.3 is 19.5 Å². The highest BCUT2D eigenvalue weighted by Crippen LogP contribution is 2.23. The predicted octanol–water partition coefficient (Wildman–Crippen LogP) is 3.31. The molecule has 0 radical (unpaired) electrons. The van der Waals surface area contributed by atoms with E-state index in [0.717, 1.165) is 81.3 Å². The number of aliphatic hydroxyl groups excluding tert-OH is 1. The number of aliphatic hydroxyl groups is 1. The second-order valence-corrected chi connectivity index (χ2v) is 7.85. The van der Waals surface area contributed by atoms with Gasteiger partial charge in [0.2, 0.25) is 0 Å². The molecule has 1 aliphatic heterocycles. The van der Waals surface area contributed by atoms with Crippen LogP contribution in [0.1, 0.15) is 24.8 Å². The molecule has 0 saturated carbocycles. The van der Waals surface area contributed by atoms with Crippen molar-refractivity contribution >= 4 is 6.47 Å². The second-order valence-electron chi connectivity index (χ2n) is 7.85. The van der Waals surface area contributed by atoms with E-state index in [1.165, 1.54) is 5.56 Å². The van der Waals surface area contributed by atoms with Gasteiger partial charge in [-0.1, -0.05) is 30.3 Å². The maximum absolute atomic E-state index is 8.93. The Bertz CT molecular complexity index is 951. The standard InChI is InChI=1S/C24H30N4O2.CH2O2/c29-15-3-1-2-11-28-12-10-25-24(28)22-7-5-21(6-8-22)23-9-4-20(18-26-23)19-27-13-16-30-17-14-27;2-1-3/h4-10,12,18,29H,1-3,11,13-17,19H2;1H,(H,2,3). The molecule has 3 aromatic rings. The summed E-state index contributed by atoms with van der Waals surface area (Å²) in [5.41, 5.74) is 4.44. The third-order valence-electron chi connectivity index (χ3n) is 5.55. The van der Waals surface area contributed by atoms with Crippen molar-refractivity contribution in [1.82, 2.24) is 19.4 Å². The molecule has 0 bridgehead atoms. The quantitative estimate of drug-likeness (QED) is 0.379. The SMILES string of the molecule is O=CO.OCCCCCn1ccnc1-c1ccc(-c2ccc(CN3CCOCC3)cn2)cc1. The Morgan fingerprint density at radius 3 is 2.36 bits per heavy atom. The summed E-state index contributed by atoms with van der Waals surface area (Å²) in [6.07, 6.45) is 8.79. The molecular formula is C25H32N4O4. The Morgan fingerprint density at radius 1 is 0.970 bits per heavy atom. The van der Waals surface area contributed by atoms with E-state index in [9.17, 15) is 0 Å². The van der Waals surface area contributed by atoms with Crippen LogP contribution in [0.15, 0.2) is 55.0 Å². The minimum Gasteiger partial charge on any atom is -0.483 e. The van der Waals surface area contributed by atoms with Gasteiger partial charge in [-0.15, -0.1) is 0 Å². The van der Waals surface area contributed by atoms with E-state index in [0.29, 0.717) is 0 Å². The van der Waals surface area contributed by atoms with E-state index in [-0.39, 0.29) is 13.1 Å². The zero-order valence-corrected chi connectivity index (χ0v) is 18.8. The summed E-state index contributed by atoms with van der Waals surface area (Å²) in [7, 11) is 0. The molecule has 2 N–H and O–H groups in total. The van der Waals surface area contributed by atoms with E-state index in [1.807, 2.05) is 18.6 Å². The molecule has 1 fully saturated rings. The van der Waals surface area contributed by atoms with Crippen LogP contribution in [0.5, 0.6) is 0 Å². The van der Waals surface area contributed by atoms with Gasteiger partial charge in [-0.3, -0.25) is 14.7 Å². The molecule has 0 aliphatic carbocycles. The molecule has 1 aromatic carbocycles. The second kappa shape index (κ2) is 13.5. The van der Waals surface area contributed by atoms with Crippen molar-refractivity contribution in [3.63, 3.8) is 0 Å². The van der Waals surface area contributed by atoms with Gasteiger partial charge in [-0.05, 0) is 30.9 Å². The first-order valence-electron chi connectivity index (χ1n) is 11.3. The third kappa shape index (κ3) is 7.49. The Kier molecular flexibility index (Phi) is 10.0. The Morgan fingerprint density at radius 2 is 1.70 bits per heavy atom. The number of morpholine rings is 1. The molecule has 8 heteroatoms. The summed E-state index contributed by atoms with van der Waals surface area (Å²) in [4.78, 5) is 20.0. The van der Waals surface area contributed by atoms with Gasteiger partial charge in [-0.25, -0.2) is 4.98 Å². The minimum atomic E-state index is -0.250. The average molecular weight is 453 g/mol. The summed E-state index contributed by atoms with van der Waals surface area (Å²) < 4.78 is 7.60. The van der Waals surface area contributed by atoms with Crippen LogP contribution in [-0.2, 0) is 22.6 Å². The molecular weight excluding hydrogens is 420 g/mol. The fraction of sp³-hybridized carbons (Fsp3) is 0.400. The molecule has 4 rings (SSSR count). The van der Waals surface area contributed by atoms with Crippen molar-refractivity contribution in [3.05, 3.63) is 60.6 Å². The third-order valence-corrected chi connectivity index (χ3v) is 5.55. The summed E-state index contributed by atoms with van der Waals surface area (Å²) >= 11 is 0. The number of unbranched alkanes of at least 4 members (excludes halogenated alkanes) is 2. The number of hydrogen-bond acceptors (Lipinski definition) is 6. The zero-order chi connectivity index (χ0) is 23.3. The highest BCUT2D eigenvalue weighted by Gasteiger charge is 2.11. The number of imidazole rings is 1. The van der Waals surface area contributed by atoms with Crippen molar-refractivity contribution in [2.75, 3.05) is 32.9 Å². The van der Waals surface area contributed by atoms with E-state index in [2.05, 4.69) is 55.8 Å². The van der Waals surface area contributed by atoms with Gasteiger partial charge in [0.05, 0.1) is 18.9 Å². The first-order chi connectivity index (χ1) is 16.2. The van der Waals surface area contributed by atoms with E-state index in [4.69, 9.17) is 19.7 Å². The predicted molar refractivity (Wildman–Crippen MR) is 127 cm³/mol. The molecule has 0 atom stereocenters. The summed E-state index contributed by atoms with van der Waals surface area (Å²) in [6, 6.07) is 12.7. The Balaban J connectivity index is 0.000000968. The fourth-order valence-electron chi connectivity index (χ4n) is 3.82. The molecule has 1 saturated heterocycles. The number of aromatic nitrogens is 3. The van der Waals surface area contributed by atoms with E-state index in [1.54, 1.807) is 0 Å². The monoisotopic (exact) mass is 452 g/mol. The largest absolute Gasteiger partial charge is 0.483 e. The van der Waals surface area contributed by atoms with Crippen LogP contribution >= 0.6 is 0 Å². The number of ether oxygens (including phenoxy) is 1. The Labute approximate surface area is 194 Å². The molecule has 0 amide bonds. The smallest absolute Gasteiger partial charge is 0.290 e. The van der Waals surface area contributed by atoms with Crippen LogP contribution in [0.2, 0.25) is 0 Å². The normalized spacial score (nSPS) is 13.8. The van der Waals surface area contributed by atoms with Crippen LogP contribution in [0.4, 0.5) is 0 Å². The van der Waals surface area contributed by atoms with Crippen molar-refractivity contribution < 1.29 is 19.7 Å². The molecule has 2 aromatic heterocycles. The average Bonchev–Trinajstić information content (AvgIpc) is 3.32. The van der Waals surface area contributed by atoms with Crippen molar-refractivity contribution in [1.29, 1.82) is 0 Å². The van der Waals surface area contributed by atoms with Crippen molar-refractivity contribution in [2.24, 2.45) is 0 Å². The first kappa shape index (κ1) is 24.6.